The molecule has 1 aliphatic carbocycles. The van der Waals surface area contributed by atoms with Crippen LogP contribution in [0.4, 0.5) is 5.69 Å². The second-order valence-corrected chi connectivity index (χ2v) is 6.46. The molecule has 7 nitrogen and oxygen atoms in total. The van der Waals surface area contributed by atoms with E-state index in [0.717, 1.165) is 0 Å². The molecule has 1 saturated carbocycles. The highest BCUT2D eigenvalue weighted by molar-refractivity contribution is 5.93. The lowest BCUT2D eigenvalue weighted by Crippen LogP contribution is -2.29. The summed E-state index contributed by atoms with van der Waals surface area (Å²) < 4.78 is 0. The summed E-state index contributed by atoms with van der Waals surface area (Å²) >= 11 is 0. The van der Waals surface area contributed by atoms with Crippen molar-refractivity contribution in [1.29, 1.82) is 0 Å². The van der Waals surface area contributed by atoms with Gasteiger partial charge in [-0.3, -0.25) is 19.6 Å². The van der Waals surface area contributed by atoms with E-state index in [-0.39, 0.29) is 5.91 Å². The summed E-state index contributed by atoms with van der Waals surface area (Å²) in [6.45, 7) is 0.686. The minimum absolute atomic E-state index is 0.0427. The minimum atomic E-state index is -0.510. The van der Waals surface area contributed by atoms with Crippen molar-refractivity contribution in [2.75, 3.05) is 11.9 Å². The number of rotatable bonds is 7. The number of primary amides is 1. The molecule has 4 N–H and O–H groups in total. The van der Waals surface area contributed by atoms with Crippen molar-refractivity contribution < 1.29 is 9.59 Å². The summed E-state index contributed by atoms with van der Waals surface area (Å²) in [7, 11) is 0. The molecule has 3 rings (SSSR count). The van der Waals surface area contributed by atoms with E-state index >= 15 is 0 Å². The van der Waals surface area contributed by atoms with Gasteiger partial charge in [-0.15, -0.1) is 0 Å². The van der Waals surface area contributed by atoms with E-state index < -0.39 is 5.91 Å². The second kappa shape index (κ2) is 8.53. The highest BCUT2D eigenvalue weighted by Gasteiger charge is 2.14. The average Bonchev–Trinajstić information content (AvgIpc) is 3.16. The van der Waals surface area contributed by atoms with Gasteiger partial charge in [0.25, 0.3) is 0 Å². The minimum Gasteiger partial charge on any atom is -0.366 e. The summed E-state index contributed by atoms with van der Waals surface area (Å²) in [6.07, 6.45) is 8.50. The van der Waals surface area contributed by atoms with Gasteiger partial charge in [0.05, 0.1) is 23.3 Å². The number of aromatic nitrogens is 2. The van der Waals surface area contributed by atoms with Gasteiger partial charge >= 0.3 is 0 Å². The Morgan fingerprint density at radius 1 is 1.12 bits per heavy atom. The molecule has 26 heavy (non-hydrogen) atoms. The largest absolute Gasteiger partial charge is 0.366 e. The Morgan fingerprint density at radius 3 is 2.62 bits per heavy atom. The third kappa shape index (κ3) is 4.86. The number of nitrogens with zero attached hydrogens (tertiary/aromatic N) is 2. The SMILES string of the molecule is NC(=O)c1ccnc(-c2ccc(NC(=O)CCNC3CCCC3)cn2)c1. The van der Waals surface area contributed by atoms with Gasteiger partial charge in [0.1, 0.15) is 0 Å². The van der Waals surface area contributed by atoms with Gasteiger partial charge in [-0.2, -0.15) is 0 Å². The summed E-state index contributed by atoms with van der Waals surface area (Å²) in [4.78, 5) is 31.8. The van der Waals surface area contributed by atoms with E-state index in [9.17, 15) is 9.59 Å². The molecule has 1 aliphatic rings. The quantitative estimate of drug-likeness (QED) is 0.706. The van der Waals surface area contributed by atoms with Crippen molar-refractivity contribution in [2.24, 2.45) is 5.73 Å². The van der Waals surface area contributed by atoms with Crippen LogP contribution in [0.5, 0.6) is 0 Å². The normalized spacial score (nSPS) is 14.3. The maximum atomic E-state index is 12.0. The monoisotopic (exact) mass is 353 g/mol. The standard InChI is InChI=1S/C19H23N5O2/c20-19(26)13-7-9-22-17(11-13)16-6-5-15(12-23-16)24-18(25)8-10-21-14-3-1-2-4-14/h5-7,9,11-12,14,21H,1-4,8,10H2,(H2,20,26)(H,24,25). The molecule has 0 bridgehead atoms. The zero-order chi connectivity index (χ0) is 18.4. The Kier molecular flexibility index (Phi) is 5.91. The highest BCUT2D eigenvalue weighted by atomic mass is 16.1. The number of carbonyl (C=O) groups excluding carboxylic acids is 2. The van der Waals surface area contributed by atoms with Gasteiger partial charge in [0.2, 0.25) is 11.8 Å². The van der Waals surface area contributed by atoms with Crippen molar-refractivity contribution in [3.8, 4) is 11.4 Å². The molecule has 2 amide bonds. The fraction of sp³-hybridized carbons (Fsp3) is 0.368. The molecule has 0 aromatic carbocycles. The lowest BCUT2D eigenvalue weighted by Gasteiger charge is -2.11. The Labute approximate surface area is 152 Å². The van der Waals surface area contributed by atoms with Gasteiger partial charge < -0.3 is 16.4 Å². The summed E-state index contributed by atoms with van der Waals surface area (Å²) in [5, 5.41) is 6.26. The van der Waals surface area contributed by atoms with Gasteiger partial charge in [0, 0.05) is 30.8 Å². The van der Waals surface area contributed by atoms with Crippen molar-refractivity contribution in [3.05, 3.63) is 42.2 Å². The third-order valence-electron chi connectivity index (χ3n) is 4.49. The molecule has 2 aromatic heterocycles. The van der Waals surface area contributed by atoms with Crippen LogP contribution in [0.15, 0.2) is 36.7 Å². The highest BCUT2D eigenvalue weighted by Crippen LogP contribution is 2.18. The number of pyridine rings is 2. The Bertz CT molecular complexity index is 770. The molecule has 7 heteroatoms. The Balaban J connectivity index is 1.53. The molecule has 2 aromatic rings. The zero-order valence-corrected chi connectivity index (χ0v) is 14.6. The van der Waals surface area contributed by atoms with Crippen molar-refractivity contribution in [1.82, 2.24) is 15.3 Å². The first-order valence-corrected chi connectivity index (χ1v) is 8.87. The van der Waals surface area contributed by atoms with E-state index in [1.54, 1.807) is 30.5 Å². The maximum absolute atomic E-state index is 12.0. The topological polar surface area (TPSA) is 110 Å². The number of nitrogens with one attached hydrogen (secondary N) is 2. The molecule has 2 heterocycles. The molecule has 136 valence electrons. The van der Waals surface area contributed by atoms with Crippen molar-refractivity contribution in [3.63, 3.8) is 0 Å². The third-order valence-corrected chi connectivity index (χ3v) is 4.49. The summed E-state index contributed by atoms with van der Waals surface area (Å²) in [6, 6.07) is 7.23. The Hall–Kier alpha value is -2.80. The second-order valence-electron chi connectivity index (χ2n) is 6.46. The van der Waals surface area contributed by atoms with Crippen LogP contribution in [0, 0.1) is 0 Å². The number of carbonyl (C=O) groups is 2. The first-order chi connectivity index (χ1) is 12.6. The number of hydrogen-bond acceptors (Lipinski definition) is 5. The van der Waals surface area contributed by atoms with Gasteiger partial charge in [-0.25, -0.2) is 0 Å². The predicted molar refractivity (Wildman–Crippen MR) is 99.5 cm³/mol. The molecular formula is C19H23N5O2. The van der Waals surface area contributed by atoms with Crippen molar-refractivity contribution >= 4 is 17.5 Å². The summed E-state index contributed by atoms with van der Waals surface area (Å²) in [5.41, 5.74) is 7.45. The molecule has 0 spiro atoms. The fourth-order valence-electron chi connectivity index (χ4n) is 3.09. The zero-order valence-electron chi connectivity index (χ0n) is 14.6. The van der Waals surface area contributed by atoms with Crippen LogP contribution in [-0.4, -0.2) is 34.4 Å². The van der Waals surface area contributed by atoms with Crippen LogP contribution in [-0.2, 0) is 4.79 Å². The fourth-order valence-corrected chi connectivity index (χ4v) is 3.09. The predicted octanol–water partition coefficient (Wildman–Crippen LogP) is 2.10. The smallest absolute Gasteiger partial charge is 0.248 e. The molecule has 1 fully saturated rings. The van der Waals surface area contributed by atoms with E-state index in [0.29, 0.717) is 41.6 Å². The Morgan fingerprint density at radius 2 is 1.92 bits per heavy atom. The number of nitrogens with two attached hydrogens (primary N) is 1. The maximum Gasteiger partial charge on any atom is 0.248 e. The molecule has 0 saturated heterocycles. The molecule has 0 radical (unpaired) electrons. The van der Waals surface area contributed by atoms with Gasteiger partial charge in [0.15, 0.2) is 0 Å². The lowest BCUT2D eigenvalue weighted by molar-refractivity contribution is -0.116. The molecular weight excluding hydrogens is 330 g/mol. The van der Waals surface area contributed by atoms with Crippen LogP contribution in [0.1, 0.15) is 42.5 Å². The first kappa shape index (κ1) is 18.0. The number of anilines is 1. The van der Waals surface area contributed by atoms with E-state index in [1.165, 1.54) is 31.9 Å². The van der Waals surface area contributed by atoms with E-state index in [4.69, 9.17) is 5.73 Å². The number of amides is 2. The molecule has 0 atom stereocenters. The van der Waals surface area contributed by atoms with Crippen molar-refractivity contribution in [2.45, 2.75) is 38.1 Å². The summed E-state index contributed by atoms with van der Waals surface area (Å²) in [5.74, 6) is -0.553. The van der Waals surface area contributed by atoms with E-state index in [1.807, 2.05) is 0 Å². The van der Waals surface area contributed by atoms with Crippen LogP contribution in [0.25, 0.3) is 11.4 Å². The number of hydrogen-bond donors (Lipinski definition) is 3. The first-order valence-electron chi connectivity index (χ1n) is 8.87. The van der Waals surface area contributed by atoms with Gasteiger partial charge in [-0.05, 0) is 37.1 Å². The molecule has 0 aliphatic heterocycles. The van der Waals surface area contributed by atoms with Crippen LogP contribution < -0.4 is 16.4 Å². The van der Waals surface area contributed by atoms with E-state index in [2.05, 4.69) is 20.6 Å². The lowest BCUT2D eigenvalue weighted by atomic mass is 10.1. The van der Waals surface area contributed by atoms with Gasteiger partial charge in [-0.1, -0.05) is 12.8 Å². The average molecular weight is 353 g/mol. The van der Waals surface area contributed by atoms with Crippen LogP contribution in [0.3, 0.4) is 0 Å². The van der Waals surface area contributed by atoms with Crippen LogP contribution in [0.2, 0.25) is 0 Å². The van der Waals surface area contributed by atoms with Crippen LogP contribution >= 0.6 is 0 Å². The molecule has 0 unspecified atom stereocenters.